The molecule has 0 fully saturated rings. The quantitative estimate of drug-likeness (QED) is 0.260. The van der Waals surface area contributed by atoms with Crippen molar-refractivity contribution in [1.29, 1.82) is 0 Å². The summed E-state index contributed by atoms with van der Waals surface area (Å²) in [5.74, 6) is 2.00. The fourth-order valence-corrected chi connectivity index (χ4v) is 3.00. The van der Waals surface area contributed by atoms with Crippen LogP contribution in [0, 0.1) is 6.92 Å². The van der Waals surface area contributed by atoms with Crippen LogP contribution < -0.4 is 5.32 Å². The molecule has 7 heteroatoms. The number of hydrogen-bond donors (Lipinski definition) is 1. The van der Waals surface area contributed by atoms with Crippen LogP contribution in [-0.4, -0.2) is 41.1 Å². The molecule has 0 radical (unpaired) electrons. The summed E-state index contributed by atoms with van der Waals surface area (Å²) < 4.78 is 3.32. The highest BCUT2D eigenvalue weighted by molar-refractivity contribution is 14.0. The number of hydrogen-bond acceptors (Lipinski definition) is 2. The molecular formula is C18H27BrIN5. The van der Waals surface area contributed by atoms with Crippen LogP contribution in [0.5, 0.6) is 0 Å². The van der Waals surface area contributed by atoms with Gasteiger partial charge in [-0.2, -0.15) is 0 Å². The summed E-state index contributed by atoms with van der Waals surface area (Å²) in [6.45, 7) is 4.78. The van der Waals surface area contributed by atoms with Gasteiger partial charge in [0.15, 0.2) is 5.96 Å². The first-order valence-corrected chi connectivity index (χ1v) is 9.04. The number of benzene rings is 1. The van der Waals surface area contributed by atoms with E-state index in [0.717, 1.165) is 48.7 Å². The Bertz CT molecular complexity index is 671. The Labute approximate surface area is 176 Å². The molecule has 0 atom stereocenters. The van der Waals surface area contributed by atoms with E-state index in [-0.39, 0.29) is 24.0 Å². The number of imidazole rings is 1. The topological polar surface area (TPSA) is 45.5 Å². The maximum absolute atomic E-state index is 4.38. The summed E-state index contributed by atoms with van der Waals surface area (Å²) in [5.41, 5.74) is 1.25. The molecule has 0 unspecified atom stereocenters. The van der Waals surface area contributed by atoms with Crippen molar-refractivity contribution in [2.45, 2.75) is 32.9 Å². The summed E-state index contributed by atoms with van der Waals surface area (Å²) in [7, 11) is 3.89. The highest BCUT2D eigenvalue weighted by Gasteiger charge is 2.08. The van der Waals surface area contributed by atoms with Gasteiger partial charge in [-0.1, -0.05) is 34.1 Å². The largest absolute Gasteiger partial charge is 0.356 e. The number of aromatic nitrogens is 2. The molecule has 0 bridgehead atoms. The van der Waals surface area contributed by atoms with Gasteiger partial charge in [-0.3, -0.25) is 4.99 Å². The van der Waals surface area contributed by atoms with Crippen LogP contribution in [0.3, 0.4) is 0 Å². The highest BCUT2D eigenvalue weighted by atomic mass is 127. The Morgan fingerprint density at radius 2 is 2.08 bits per heavy atom. The lowest BCUT2D eigenvalue weighted by molar-refractivity contribution is 0.472. The third kappa shape index (κ3) is 6.97. The number of unbranched alkanes of at least 4 members (excludes halogenated alkanes) is 1. The SMILES string of the molecule is CN=C(NCCCCn1ccnc1C)N(C)Cc1ccccc1Br.I. The van der Waals surface area contributed by atoms with Crippen LogP contribution in [0.4, 0.5) is 0 Å². The Hall–Kier alpha value is -1.09. The molecule has 2 aromatic rings. The fraction of sp³-hybridized carbons (Fsp3) is 0.444. The molecule has 0 amide bonds. The van der Waals surface area contributed by atoms with Crippen molar-refractivity contribution < 1.29 is 0 Å². The van der Waals surface area contributed by atoms with Crippen molar-refractivity contribution >= 4 is 45.9 Å². The van der Waals surface area contributed by atoms with Crippen molar-refractivity contribution in [3.05, 3.63) is 52.5 Å². The number of nitrogens with zero attached hydrogens (tertiary/aromatic N) is 4. The van der Waals surface area contributed by atoms with Crippen LogP contribution in [-0.2, 0) is 13.1 Å². The van der Waals surface area contributed by atoms with Crippen molar-refractivity contribution in [2.75, 3.05) is 20.6 Å². The van der Waals surface area contributed by atoms with E-state index in [2.05, 4.69) is 65.9 Å². The van der Waals surface area contributed by atoms with Crippen LogP contribution in [0.1, 0.15) is 24.2 Å². The van der Waals surface area contributed by atoms with E-state index in [4.69, 9.17) is 0 Å². The van der Waals surface area contributed by atoms with Crippen LogP contribution in [0.2, 0.25) is 0 Å². The van der Waals surface area contributed by atoms with Gasteiger partial charge in [0.05, 0.1) is 0 Å². The molecule has 1 N–H and O–H groups in total. The van der Waals surface area contributed by atoms with Crippen LogP contribution >= 0.6 is 39.9 Å². The highest BCUT2D eigenvalue weighted by Crippen LogP contribution is 2.17. The van der Waals surface area contributed by atoms with Gasteiger partial charge in [0.2, 0.25) is 0 Å². The lowest BCUT2D eigenvalue weighted by atomic mass is 10.2. The smallest absolute Gasteiger partial charge is 0.193 e. The van der Waals surface area contributed by atoms with Crippen molar-refractivity contribution in [1.82, 2.24) is 19.8 Å². The zero-order chi connectivity index (χ0) is 17.4. The summed E-state index contributed by atoms with van der Waals surface area (Å²) >= 11 is 3.60. The minimum absolute atomic E-state index is 0. The Morgan fingerprint density at radius 1 is 1.32 bits per heavy atom. The van der Waals surface area contributed by atoms with Crippen LogP contribution in [0.15, 0.2) is 46.1 Å². The molecule has 1 heterocycles. The zero-order valence-electron chi connectivity index (χ0n) is 15.1. The van der Waals surface area contributed by atoms with E-state index >= 15 is 0 Å². The predicted molar refractivity (Wildman–Crippen MR) is 119 cm³/mol. The number of aliphatic imine (C=N–C) groups is 1. The van der Waals surface area contributed by atoms with Gasteiger partial charge in [0, 0.05) is 50.6 Å². The molecule has 0 aliphatic carbocycles. The predicted octanol–water partition coefficient (Wildman–Crippen LogP) is 4.06. The number of guanidine groups is 1. The fourth-order valence-electron chi connectivity index (χ4n) is 2.59. The van der Waals surface area contributed by atoms with Gasteiger partial charge in [0.1, 0.15) is 5.82 Å². The first-order valence-electron chi connectivity index (χ1n) is 8.24. The number of nitrogens with one attached hydrogen (secondary N) is 1. The molecule has 0 aliphatic rings. The van der Waals surface area contributed by atoms with E-state index in [1.54, 1.807) is 0 Å². The number of rotatable bonds is 7. The first kappa shape index (κ1) is 22.0. The Kier molecular flexibility index (Phi) is 10.1. The van der Waals surface area contributed by atoms with Crippen molar-refractivity contribution in [3.8, 4) is 0 Å². The molecule has 0 spiro atoms. The third-order valence-electron chi connectivity index (χ3n) is 3.97. The van der Waals surface area contributed by atoms with Gasteiger partial charge in [-0.15, -0.1) is 24.0 Å². The van der Waals surface area contributed by atoms with E-state index in [0.29, 0.717) is 0 Å². The third-order valence-corrected chi connectivity index (χ3v) is 4.74. The molecule has 5 nitrogen and oxygen atoms in total. The molecule has 0 saturated heterocycles. The molecule has 138 valence electrons. The maximum atomic E-state index is 4.38. The molecule has 2 rings (SSSR count). The van der Waals surface area contributed by atoms with Crippen molar-refractivity contribution in [3.63, 3.8) is 0 Å². The standard InChI is InChI=1S/C18H26BrN5.HI/c1-15-21-11-13-24(15)12-7-6-10-22-18(20-2)23(3)14-16-8-4-5-9-17(16)19;/h4-5,8-9,11,13H,6-7,10,12,14H2,1-3H3,(H,20,22);1H. The molecule has 0 aliphatic heterocycles. The monoisotopic (exact) mass is 519 g/mol. The summed E-state index contributed by atoms with van der Waals surface area (Å²) in [4.78, 5) is 10.8. The van der Waals surface area contributed by atoms with E-state index in [1.165, 1.54) is 5.56 Å². The average Bonchev–Trinajstić information content (AvgIpc) is 2.98. The molecule has 1 aromatic heterocycles. The minimum Gasteiger partial charge on any atom is -0.356 e. The first-order chi connectivity index (χ1) is 11.6. The van der Waals surface area contributed by atoms with Gasteiger partial charge < -0.3 is 14.8 Å². The molecule has 1 aromatic carbocycles. The summed E-state index contributed by atoms with van der Waals surface area (Å²) in [6.07, 6.45) is 6.11. The maximum Gasteiger partial charge on any atom is 0.193 e. The summed E-state index contributed by atoms with van der Waals surface area (Å²) in [5, 5.41) is 3.44. The van der Waals surface area contributed by atoms with Gasteiger partial charge >= 0.3 is 0 Å². The Balaban J connectivity index is 0.00000312. The number of aryl methyl sites for hydroxylation is 2. The zero-order valence-corrected chi connectivity index (χ0v) is 19.0. The number of halogens is 2. The minimum atomic E-state index is 0. The van der Waals surface area contributed by atoms with E-state index < -0.39 is 0 Å². The lowest BCUT2D eigenvalue weighted by Crippen LogP contribution is -2.39. The van der Waals surface area contributed by atoms with Gasteiger partial charge in [-0.05, 0) is 31.4 Å². The normalized spacial score (nSPS) is 11.1. The molecule has 25 heavy (non-hydrogen) atoms. The van der Waals surface area contributed by atoms with Crippen molar-refractivity contribution in [2.24, 2.45) is 4.99 Å². The average molecular weight is 520 g/mol. The second-order valence-electron chi connectivity index (χ2n) is 5.80. The second-order valence-corrected chi connectivity index (χ2v) is 6.65. The Morgan fingerprint density at radius 3 is 2.72 bits per heavy atom. The van der Waals surface area contributed by atoms with E-state index in [9.17, 15) is 0 Å². The van der Waals surface area contributed by atoms with Gasteiger partial charge in [0.25, 0.3) is 0 Å². The van der Waals surface area contributed by atoms with Crippen LogP contribution in [0.25, 0.3) is 0 Å². The summed E-state index contributed by atoms with van der Waals surface area (Å²) in [6, 6.07) is 8.28. The second kappa shape index (κ2) is 11.5. The van der Waals surface area contributed by atoms with Gasteiger partial charge in [-0.25, -0.2) is 4.98 Å². The lowest BCUT2D eigenvalue weighted by Gasteiger charge is -2.22. The molecule has 0 saturated carbocycles. The molecular weight excluding hydrogens is 493 g/mol. The van der Waals surface area contributed by atoms with E-state index in [1.807, 2.05) is 32.4 Å².